The number of aromatic nitrogens is 3. The number of fused-ring (bicyclic) bond motifs is 4. The fourth-order valence-corrected chi connectivity index (χ4v) is 3.79. The molecule has 0 saturated carbocycles. The van der Waals surface area contributed by atoms with Crippen molar-refractivity contribution in [1.29, 1.82) is 0 Å². The van der Waals surface area contributed by atoms with Crippen LogP contribution in [0.3, 0.4) is 0 Å². The molecule has 1 amide bonds. The fourth-order valence-electron chi connectivity index (χ4n) is 3.79. The number of rotatable bonds is 5. The Bertz CT molecular complexity index is 1470. The quantitative estimate of drug-likeness (QED) is 0.418. The van der Waals surface area contributed by atoms with Crippen molar-refractivity contribution in [3.8, 4) is 0 Å². The summed E-state index contributed by atoms with van der Waals surface area (Å²) in [6.45, 7) is 2.15. The van der Waals surface area contributed by atoms with E-state index in [1.165, 1.54) is 0 Å². The number of benzene rings is 3. The topological polar surface area (TPSA) is 86.1 Å². The molecule has 0 unspecified atom stereocenters. The lowest BCUT2D eigenvalue weighted by atomic mass is 10.2. The highest BCUT2D eigenvalue weighted by Gasteiger charge is 2.16. The molecular formula is C25H20N4O3. The summed E-state index contributed by atoms with van der Waals surface area (Å²) in [7, 11) is 0. The van der Waals surface area contributed by atoms with Gasteiger partial charge in [0, 0.05) is 11.1 Å². The van der Waals surface area contributed by atoms with Crippen LogP contribution < -0.4 is 5.32 Å². The number of nitrogens with one attached hydrogen (secondary N) is 1. The second-order valence-electron chi connectivity index (χ2n) is 7.33. The van der Waals surface area contributed by atoms with E-state index in [0.717, 1.165) is 27.5 Å². The molecule has 7 heteroatoms. The van der Waals surface area contributed by atoms with Gasteiger partial charge in [-0.1, -0.05) is 30.3 Å². The largest absolute Gasteiger partial charge is 0.462 e. The van der Waals surface area contributed by atoms with E-state index in [0.29, 0.717) is 23.5 Å². The van der Waals surface area contributed by atoms with Gasteiger partial charge in [0.05, 0.1) is 28.7 Å². The average molecular weight is 424 g/mol. The van der Waals surface area contributed by atoms with Crippen molar-refractivity contribution in [3.05, 3.63) is 78.4 Å². The minimum atomic E-state index is -0.388. The van der Waals surface area contributed by atoms with Crippen molar-refractivity contribution in [1.82, 2.24) is 14.5 Å². The summed E-state index contributed by atoms with van der Waals surface area (Å²) in [6, 6.07) is 22.2. The molecule has 5 rings (SSSR count). The van der Waals surface area contributed by atoms with Gasteiger partial charge in [-0.3, -0.25) is 4.79 Å². The first-order valence-electron chi connectivity index (χ1n) is 10.3. The maximum absolute atomic E-state index is 12.9. The number of esters is 1. The van der Waals surface area contributed by atoms with Gasteiger partial charge in [0.25, 0.3) is 0 Å². The predicted molar refractivity (Wildman–Crippen MR) is 124 cm³/mol. The highest BCUT2D eigenvalue weighted by molar-refractivity contribution is 6.07. The lowest BCUT2D eigenvalue weighted by Crippen LogP contribution is -2.19. The number of carbonyl (C=O) groups excluding carboxylic acids is 2. The van der Waals surface area contributed by atoms with Crippen LogP contribution in [0.25, 0.3) is 33.1 Å². The summed E-state index contributed by atoms with van der Waals surface area (Å²) < 4.78 is 6.87. The molecule has 2 heterocycles. The Kier molecular flexibility index (Phi) is 4.99. The molecule has 7 nitrogen and oxygen atoms in total. The van der Waals surface area contributed by atoms with Gasteiger partial charge in [0.1, 0.15) is 12.1 Å². The number of amides is 1. The van der Waals surface area contributed by atoms with Gasteiger partial charge < -0.3 is 14.6 Å². The molecule has 0 radical (unpaired) electrons. The van der Waals surface area contributed by atoms with Gasteiger partial charge in [0.2, 0.25) is 5.91 Å². The van der Waals surface area contributed by atoms with Crippen LogP contribution in [0, 0.1) is 0 Å². The molecule has 0 fully saturated rings. The smallest absolute Gasteiger partial charge is 0.338 e. The normalized spacial score (nSPS) is 11.2. The molecule has 0 atom stereocenters. The predicted octanol–water partition coefficient (Wildman–Crippen LogP) is 4.55. The number of hydrogen-bond acceptors (Lipinski definition) is 5. The van der Waals surface area contributed by atoms with Crippen LogP contribution in [-0.2, 0) is 16.1 Å². The van der Waals surface area contributed by atoms with Crippen molar-refractivity contribution < 1.29 is 14.3 Å². The third-order valence-electron chi connectivity index (χ3n) is 5.24. The summed E-state index contributed by atoms with van der Waals surface area (Å²) in [6.07, 6.45) is 0. The van der Waals surface area contributed by atoms with Crippen molar-refractivity contribution in [2.45, 2.75) is 13.5 Å². The average Bonchev–Trinajstić information content (AvgIpc) is 3.11. The maximum Gasteiger partial charge on any atom is 0.338 e. The van der Waals surface area contributed by atoms with Crippen LogP contribution in [0.15, 0.2) is 72.8 Å². The number of hydrogen-bond donors (Lipinski definition) is 1. The zero-order valence-corrected chi connectivity index (χ0v) is 17.4. The zero-order valence-electron chi connectivity index (χ0n) is 17.4. The van der Waals surface area contributed by atoms with E-state index < -0.39 is 0 Å². The third-order valence-corrected chi connectivity index (χ3v) is 5.24. The maximum atomic E-state index is 12.9. The van der Waals surface area contributed by atoms with Crippen LogP contribution in [0.1, 0.15) is 17.3 Å². The third kappa shape index (κ3) is 3.54. The number of para-hydroxylation sites is 3. The highest BCUT2D eigenvalue weighted by Crippen LogP contribution is 2.28. The van der Waals surface area contributed by atoms with Crippen LogP contribution >= 0.6 is 0 Å². The minimum absolute atomic E-state index is 0.0800. The Hall–Kier alpha value is -4.26. The second-order valence-corrected chi connectivity index (χ2v) is 7.33. The van der Waals surface area contributed by atoms with Gasteiger partial charge in [-0.15, -0.1) is 0 Å². The summed E-state index contributed by atoms with van der Waals surface area (Å²) in [5, 5.41) is 3.84. The Morgan fingerprint density at radius 3 is 2.34 bits per heavy atom. The summed E-state index contributed by atoms with van der Waals surface area (Å²) in [4.78, 5) is 34.3. The van der Waals surface area contributed by atoms with Crippen LogP contribution in [0.4, 0.5) is 5.69 Å². The Balaban J connectivity index is 1.47. The number of anilines is 1. The lowest BCUT2D eigenvalue weighted by molar-refractivity contribution is -0.116. The van der Waals surface area contributed by atoms with Crippen molar-refractivity contribution >= 4 is 50.7 Å². The number of ether oxygens (including phenoxy) is 1. The standard InChI is InChI=1S/C25H20N4O3/c1-2-32-25(31)16-11-13-17(14-12-16)26-22(30)15-29-21-10-6-3-7-18(21)23-24(29)28-20-9-5-4-8-19(20)27-23/h3-14H,2,15H2,1H3,(H,26,30). The van der Waals surface area contributed by atoms with E-state index in [1.807, 2.05) is 53.1 Å². The van der Waals surface area contributed by atoms with Gasteiger partial charge in [0.15, 0.2) is 5.65 Å². The highest BCUT2D eigenvalue weighted by atomic mass is 16.5. The summed E-state index contributed by atoms with van der Waals surface area (Å²) >= 11 is 0. The number of nitrogens with zero attached hydrogens (tertiary/aromatic N) is 3. The SMILES string of the molecule is CCOC(=O)c1ccc(NC(=O)Cn2c3ccccc3c3nc4ccccc4nc32)cc1. The van der Waals surface area contributed by atoms with Crippen molar-refractivity contribution in [3.63, 3.8) is 0 Å². The van der Waals surface area contributed by atoms with Crippen LogP contribution in [-0.4, -0.2) is 33.0 Å². The lowest BCUT2D eigenvalue weighted by Gasteiger charge is -2.09. The van der Waals surface area contributed by atoms with E-state index >= 15 is 0 Å². The monoisotopic (exact) mass is 424 g/mol. The first-order valence-corrected chi connectivity index (χ1v) is 10.3. The molecule has 1 N–H and O–H groups in total. The first-order chi connectivity index (χ1) is 15.6. The molecule has 0 bridgehead atoms. The van der Waals surface area contributed by atoms with Gasteiger partial charge in [-0.25, -0.2) is 14.8 Å². The van der Waals surface area contributed by atoms with E-state index in [4.69, 9.17) is 14.7 Å². The van der Waals surface area contributed by atoms with Crippen molar-refractivity contribution in [2.24, 2.45) is 0 Å². The van der Waals surface area contributed by atoms with E-state index in [1.54, 1.807) is 31.2 Å². The molecule has 0 aliphatic rings. The molecular weight excluding hydrogens is 404 g/mol. The first kappa shape index (κ1) is 19.7. The van der Waals surface area contributed by atoms with E-state index in [-0.39, 0.29) is 18.4 Å². The minimum Gasteiger partial charge on any atom is -0.462 e. The molecule has 3 aromatic carbocycles. The Labute approximate surface area is 183 Å². The van der Waals surface area contributed by atoms with E-state index in [2.05, 4.69) is 5.32 Å². The van der Waals surface area contributed by atoms with Gasteiger partial charge in [-0.05, 0) is 49.4 Å². The van der Waals surface area contributed by atoms with Crippen LogP contribution in [0.2, 0.25) is 0 Å². The second kappa shape index (κ2) is 8.11. The molecule has 0 aliphatic carbocycles. The Morgan fingerprint density at radius 2 is 1.59 bits per heavy atom. The number of carbonyl (C=O) groups is 2. The molecule has 2 aromatic heterocycles. The van der Waals surface area contributed by atoms with E-state index in [9.17, 15) is 9.59 Å². The summed E-state index contributed by atoms with van der Waals surface area (Å²) in [5.74, 6) is -0.590. The molecule has 0 aliphatic heterocycles. The zero-order chi connectivity index (χ0) is 22.1. The molecule has 0 spiro atoms. The van der Waals surface area contributed by atoms with Gasteiger partial charge >= 0.3 is 5.97 Å². The van der Waals surface area contributed by atoms with Crippen LogP contribution in [0.5, 0.6) is 0 Å². The Morgan fingerprint density at radius 1 is 0.906 bits per heavy atom. The molecule has 0 saturated heterocycles. The van der Waals surface area contributed by atoms with Gasteiger partial charge in [-0.2, -0.15) is 0 Å². The molecule has 158 valence electrons. The van der Waals surface area contributed by atoms with Crippen molar-refractivity contribution in [2.75, 3.05) is 11.9 Å². The summed E-state index contributed by atoms with van der Waals surface area (Å²) in [5.41, 5.74) is 4.96. The molecule has 32 heavy (non-hydrogen) atoms. The fraction of sp³-hybridized carbons (Fsp3) is 0.120. The molecule has 5 aromatic rings.